The molecule has 1 aliphatic heterocycles. The van der Waals surface area contributed by atoms with Crippen molar-refractivity contribution in [3.8, 4) is 0 Å². The number of nitrogen functional groups attached to an aromatic ring is 1. The SMILES string of the molecule is Nc1ccccc1C(=S)Cc1ccc(NC(=O)C2CC(c3cccnc3)=NO2)cc1. The summed E-state index contributed by atoms with van der Waals surface area (Å²) in [6, 6.07) is 18.9. The summed E-state index contributed by atoms with van der Waals surface area (Å²) >= 11 is 5.53. The van der Waals surface area contributed by atoms with E-state index >= 15 is 0 Å². The Morgan fingerprint density at radius 1 is 1.13 bits per heavy atom. The third kappa shape index (κ3) is 4.52. The van der Waals surface area contributed by atoms with Crippen LogP contribution in [0.15, 0.2) is 78.2 Å². The maximum absolute atomic E-state index is 12.5. The highest BCUT2D eigenvalue weighted by Crippen LogP contribution is 2.20. The normalized spacial score (nSPS) is 15.2. The van der Waals surface area contributed by atoms with E-state index in [4.69, 9.17) is 22.8 Å². The van der Waals surface area contributed by atoms with E-state index in [0.717, 1.165) is 21.6 Å². The fourth-order valence-electron chi connectivity index (χ4n) is 3.18. The van der Waals surface area contributed by atoms with E-state index in [9.17, 15) is 4.79 Å². The molecule has 4 rings (SSSR count). The van der Waals surface area contributed by atoms with Gasteiger partial charge in [-0.3, -0.25) is 9.78 Å². The number of nitrogens with one attached hydrogen (secondary N) is 1. The summed E-state index contributed by atoms with van der Waals surface area (Å²) < 4.78 is 0. The first-order valence-electron chi connectivity index (χ1n) is 9.51. The van der Waals surface area contributed by atoms with Crippen LogP contribution >= 0.6 is 12.2 Å². The van der Waals surface area contributed by atoms with Crippen LogP contribution in [0.25, 0.3) is 0 Å². The second-order valence-electron chi connectivity index (χ2n) is 6.95. The maximum Gasteiger partial charge on any atom is 0.268 e. The number of amides is 1. The molecule has 3 aromatic rings. The molecule has 150 valence electrons. The Labute approximate surface area is 179 Å². The lowest BCUT2D eigenvalue weighted by molar-refractivity contribution is -0.125. The van der Waals surface area contributed by atoms with E-state index in [-0.39, 0.29) is 5.91 Å². The molecular formula is C23H20N4O2S. The Bertz CT molecular complexity index is 1100. The van der Waals surface area contributed by atoms with Gasteiger partial charge in [-0.1, -0.05) is 47.7 Å². The minimum Gasteiger partial charge on any atom is -0.398 e. The van der Waals surface area contributed by atoms with Crippen LogP contribution < -0.4 is 11.1 Å². The van der Waals surface area contributed by atoms with E-state index in [1.807, 2.05) is 60.7 Å². The van der Waals surface area contributed by atoms with Gasteiger partial charge in [-0.2, -0.15) is 0 Å². The highest BCUT2D eigenvalue weighted by atomic mass is 32.1. The van der Waals surface area contributed by atoms with Crippen molar-refractivity contribution in [2.75, 3.05) is 11.1 Å². The molecule has 1 amide bonds. The number of oxime groups is 1. The molecule has 0 bridgehead atoms. The summed E-state index contributed by atoms with van der Waals surface area (Å²) in [5.74, 6) is -0.238. The maximum atomic E-state index is 12.5. The Balaban J connectivity index is 1.33. The van der Waals surface area contributed by atoms with Crippen LogP contribution in [0.5, 0.6) is 0 Å². The summed E-state index contributed by atoms with van der Waals surface area (Å²) in [7, 11) is 0. The predicted octanol–water partition coefficient (Wildman–Crippen LogP) is 3.76. The Morgan fingerprint density at radius 3 is 2.67 bits per heavy atom. The number of benzene rings is 2. The van der Waals surface area contributed by atoms with Crippen molar-refractivity contribution in [3.63, 3.8) is 0 Å². The predicted molar refractivity (Wildman–Crippen MR) is 122 cm³/mol. The molecule has 1 aromatic heterocycles. The molecule has 1 unspecified atom stereocenters. The van der Waals surface area contributed by atoms with Crippen LogP contribution in [0.3, 0.4) is 0 Å². The highest BCUT2D eigenvalue weighted by Gasteiger charge is 2.29. The van der Waals surface area contributed by atoms with Gasteiger partial charge in [-0.15, -0.1) is 0 Å². The molecule has 0 fully saturated rings. The minimum absolute atomic E-state index is 0.238. The van der Waals surface area contributed by atoms with E-state index in [1.54, 1.807) is 12.4 Å². The molecule has 0 saturated heterocycles. The number of para-hydroxylation sites is 1. The summed E-state index contributed by atoms with van der Waals surface area (Å²) in [4.78, 5) is 22.7. The van der Waals surface area contributed by atoms with Crippen LogP contribution in [0.2, 0.25) is 0 Å². The molecule has 6 nitrogen and oxygen atoms in total. The number of anilines is 2. The van der Waals surface area contributed by atoms with Gasteiger partial charge in [0.1, 0.15) is 0 Å². The third-order valence-electron chi connectivity index (χ3n) is 4.80. The number of hydrogen-bond acceptors (Lipinski definition) is 6. The quantitative estimate of drug-likeness (QED) is 0.363. The Kier molecular flexibility index (Phi) is 5.81. The van der Waals surface area contributed by atoms with Crippen LogP contribution in [0.4, 0.5) is 11.4 Å². The number of pyridine rings is 1. The highest BCUT2D eigenvalue weighted by molar-refractivity contribution is 7.80. The fraction of sp³-hybridized carbons (Fsp3) is 0.130. The minimum atomic E-state index is -0.659. The lowest BCUT2D eigenvalue weighted by Gasteiger charge is -2.11. The number of nitrogens with two attached hydrogens (primary N) is 1. The van der Waals surface area contributed by atoms with E-state index in [1.165, 1.54) is 0 Å². The van der Waals surface area contributed by atoms with Gasteiger partial charge in [0.2, 0.25) is 6.10 Å². The lowest BCUT2D eigenvalue weighted by atomic mass is 10.0. The molecule has 30 heavy (non-hydrogen) atoms. The molecule has 2 heterocycles. The summed E-state index contributed by atoms with van der Waals surface area (Å²) in [5.41, 5.74) is 10.9. The smallest absolute Gasteiger partial charge is 0.268 e. The van der Waals surface area contributed by atoms with Gasteiger partial charge in [-0.05, 0) is 35.9 Å². The lowest BCUT2D eigenvalue weighted by Crippen LogP contribution is -2.28. The van der Waals surface area contributed by atoms with Gasteiger partial charge in [0.15, 0.2) is 0 Å². The van der Waals surface area contributed by atoms with Crippen molar-refractivity contribution >= 4 is 40.1 Å². The molecule has 1 aliphatic rings. The van der Waals surface area contributed by atoms with Crippen LogP contribution in [0.1, 0.15) is 23.1 Å². The molecule has 1 atom stereocenters. The van der Waals surface area contributed by atoms with Crippen LogP contribution in [-0.2, 0) is 16.1 Å². The second-order valence-corrected chi connectivity index (χ2v) is 7.44. The molecule has 0 saturated carbocycles. The van der Waals surface area contributed by atoms with Crippen LogP contribution in [0, 0.1) is 0 Å². The molecule has 0 spiro atoms. The van der Waals surface area contributed by atoms with Gasteiger partial charge >= 0.3 is 0 Å². The summed E-state index contributed by atoms with van der Waals surface area (Å²) in [6.07, 6.45) is 3.74. The molecular weight excluding hydrogens is 396 g/mol. The first kappa shape index (κ1) is 19.7. The third-order valence-corrected chi connectivity index (χ3v) is 5.17. The standard InChI is InChI=1S/C23H20N4O2S/c24-19-6-2-1-5-18(19)22(30)12-15-7-9-17(10-8-15)26-23(28)21-13-20(27-29-21)16-4-3-11-25-14-16/h1-11,14,21H,12-13,24H2,(H,26,28). The number of carbonyl (C=O) groups is 1. The monoisotopic (exact) mass is 416 g/mol. The van der Waals surface area contributed by atoms with E-state index in [2.05, 4.69) is 15.5 Å². The van der Waals surface area contributed by atoms with Crippen molar-refractivity contribution in [1.29, 1.82) is 0 Å². The second kappa shape index (κ2) is 8.84. The Hall–Kier alpha value is -3.58. The van der Waals surface area contributed by atoms with Gasteiger partial charge in [0, 0.05) is 52.6 Å². The molecule has 3 N–H and O–H groups in total. The summed E-state index contributed by atoms with van der Waals surface area (Å²) in [6.45, 7) is 0. The summed E-state index contributed by atoms with van der Waals surface area (Å²) in [5, 5.41) is 6.90. The number of nitrogens with zero attached hydrogens (tertiary/aromatic N) is 2. The van der Waals surface area contributed by atoms with Crippen LogP contribution in [-0.4, -0.2) is 27.6 Å². The topological polar surface area (TPSA) is 89.6 Å². The fourth-order valence-corrected chi connectivity index (χ4v) is 3.53. The molecule has 0 aliphatic carbocycles. The molecule has 2 aromatic carbocycles. The van der Waals surface area contributed by atoms with E-state index < -0.39 is 6.10 Å². The number of rotatable bonds is 6. The van der Waals surface area contributed by atoms with Crippen molar-refractivity contribution in [1.82, 2.24) is 4.98 Å². The first-order chi connectivity index (χ1) is 14.6. The van der Waals surface area contributed by atoms with Crippen molar-refractivity contribution in [3.05, 3.63) is 89.7 Å². The number of thiocarbonyl (C=S) groups is 1. The van der Waals surface area contributed by atoms with Gasteiger partial charge in [0.25, 0.3) is 5.91 Å². The largest absolute Gasteiger partial charge is 0.398 e. The van der Waals surface area contributed by atoms with E-state index in [0.29, 0.717) is 29.9 Å². The van der Waals surface area contributed by atoms with Gasteiger partial charge < -0.3 is 15.9 Å². The zero-order valence-corrected chi connectivity index (χ0v) is 16.9. The Morgan fingerprint density at radius 2 is 1.93 bits per heavy atom. The number of hydrogen-bond donors (Lipinski definition) is 2. The van der Waals surface area contributed by atoms with Gasteiger partial charge in [-0.25, -0.2) is 0 Å². The molecule has 7 heteroatoms. The zero-order valence-electron chi connectivity index (χ0n) is 16.1. The van der Waals surface area contributed by atoms with Crippen molar-refractivity contribution in [2.24, 2.45) is 5.16 Å². The number of carbonyl (C=O) groups excluding carboxylic acids is 1. The number of aromatic nitrogens is 1. The van der Waals surface area contributed by atoms with Gasteiger partial charge in [0.05, 0.1) is 5.71 Å². The first-order valence-corrected chi connectivity index (χ1v) is 9.91. The zero-order chi connectivity index (χ0) is 20.9. The average molecular weight is 417 g/mol. The average Bonchev–Trinajstić information content (AvgIpc) is 3.26. The molecule has 0 radical (unpaired) electrons. The van der Waals surface area contributed by atoms with Crippen molar-refractivity contribution < 1.29 is 9.63 Å². The van der Waals surface area contributed by atoms with Crippen molar-refractivity contribution in [2.45, 2.75) is 18.9 Å².